The van der Waals surface area contributed by atoms with Crippen molar-refractivity contribution in [1.82, 2.24) is 10.3 Å². The van der Waals surface area contributed by atoms with Crippen molar-refractivity contribution in [2.45, 2.75) is 37.8 Å². The molecule has 1 N–H and O–H groups in total. The van der Waals surface area contributed by atoms with Crippen molar-refractivity contribution in [2.24, 2.45) is 0 Å². The Morgan fingerprint density at radius 3 is 2.56 bits per heavy atom. The number of rotatable bonds is 3. The van der Waals surface area contributed by atoms with Crippen molar-refractivity contribution in [2.75, 3.05) is 31.2 Å². The third-order valence-electron chi connectivity index (χ3n) is 3.88. The molecule has 18 heavy (non-hydrogen) atoms. The molecular weight excluding hydrogens is 246 g/mol. The summed E-state index contributed by atoms with van der Waals surface area (Å²) < 4.78 is 5.40. The molecule has 0 atom stereocenters. The highest BCUT2D eigenvalue weighted by molar-refractivity contribution is 7.13. The summed E-state index contributed by atoms with van der Waals surface area (Å²) in [6, 6.07) is 1.36. The first-order valence-corrected chi connectivity index (χ1v) is 7.78. The van der Waals surface area contributed by atoms with E-state index >= 15 is 0 Å². The molecule has 3 heterocycles. The molecule has 2 fully saturated rings. The number of hydrogen-bond acceptors (Lipinski definition) is 5. The fourth-order valence-electron chi connectivity index (χ4n) is 2.81. The summed E-state index contributed by atoms with van der Waals surface area (Å²) in [4.78, 5) is 6.80. The Morgan fingerprint density at radius 1 is 1.17 bits per heavy atom. The molecule has 0 unspecified atom stereocenters. The van der Waals surface area contributed by atoms with Gasteiger partial charge in [-0.25, -0.2) is 4.98 Å². The van der Waals surface area contributed by atoms with E-state index in [-0.39, 0.29) is 0 Å². The average Bonchev–Trinajstić information content (AvgIpc) is 2.95. The average molecular weight is 267 g/mol. The maximum atomic E-state index is 5.40. The lowest BCUT2D eigenvalue weighted by atomic mass is 10.0. The summed E-state index contributed by atoms with van der Waals surface area (Å²) in [5.74, 6) is 0. The van der Waals surface area contributed by atoms with Crippen LogP contribution < -0.4 is 10.2 Å². The molecule has 2 saturated heterocycles. The van der Waals surface area contributed by atoms with E-state index in [0.717, 1.165) is 26.3 Å². The van der Waals surface area contributed by atoms with Crippen LogP contribution in [0.4, 0.5) is 5.13 Å². The number of aromatic nitrogens is 1. The summed E-state index contributed by atoms with van der Waals surface area (Å²) in [7, 11) is 0. The monoisotopic (exact) mass is 267 g/mol. The Morgan fingerprint density at radius 2 is 1.89 bits per heavy atom. The second-order valence-electron chi connectivity index (χ2n) is 5.13. The summed E-state index contributed by atoms with van der Waals surface area (Å²) in [6.07, 6.45) is 6.71. The van der Waals surface area contributed by atoms with Gasteiger partial charge in [-0.3, -0.25) is 0 Å². The van der Waals surface area contributed by atoms with Gasteiger partial charge in [-0.15, -0.1) is 11.3 Å². The lowest BCUT2D eigenvalue weighted by Crippen LogP contribution is -2.47. The quantitative estimate of drug-likeness (QED) is 0.907. The zero-order valence-corrected chi connectivity index (χ0v) is 11.5. The minimum Gasteiger partial charge on any atom is -0.381 e. The SMILES string of the molecule is c1csc(N2CCC(NC3CCOCC3)CC2)n1. The van der Waals surface area contributed by atoms with Gasteiger partial charge in [0.15, 0.2) is 5.13 Å². The Kier molecular flexibility index (Phi) is 4.13. The molecule has 3 rings (SSSR count). The summed E-state index contributed by atoms with van der Waals surface area (Å²) in [6.45, 7) is 4.12. The molecule has 100 valence electrons. The van der Waals surface area contributed by atoms with E-state index in [1.165, 1.54) is 30.8 Å². The lowest BCUT2D eigenvalue weighted by molar-refractivity contribution is 0.0738. The van der Waals surface area contributed by atoms with Gasteiger partial charge in [0.05, 0.1) is 0 Å². The van der Waals surface area contributed by atoms with Gasteiger partial charge in [-0.1, -0.05) is 0 Å². The van der Waals surface area contributed by atoms with E-state index in [2.05, 4.69) is 20.6 Å². The predicted molar refractivity (Wildman–Crippen MR) is 74.3 cm³/mol. The van der Waals surface area contributed by atoms with Crippen molar-refractivity contribution in [1.29, 1.82) is 0 Å². The molecule has 0 amide bonds. The number of piperidine rings is 1. The van der Waals surface area contributed by atoms with E-state index in [1.54, 1.807) is 11.3 Å². The van der Waals surface area contributed by atoms with Crippen LogP contribution >= 0.6 is 11.3 Å². The highest BCUT2D eigenvalue weighted by Gasteiger charge is 2.23. The van der Waals surface area contributed by atoms with Gasteiger partial charge in [0.2, 0.25) is 0 Å². The zero-order chi connectivity index (χ0) is 12.2. The van der Waals surface area contributed by atoms with Gasteiger partial charge in [0, 0.05) is 50.0 Å². The normalized spacial score (nSPS) is 23.4. The zero-order valence-electron chi connectivity index (χ0n) is 10.7. The fraction of sp³-hybridized carbons (Fsp3) is 0.769. The third-order valence-corrected chi connectivity index (χ3v) is 4.71. The second kappa shape index (κ2) is 5.99. The molecule has 0 bridgehead atoms. The number of hydrogen-bond donors (Lipinski definition) is 1. The van der Waals surface area contributed by atoms with Gasteiger partial charge in [-0.2, -0.15) is 0 Å². The summed E-state index contributed by atoms with van der Waals surface area (Å²) >= 11 is 1.74. The minimum absolute atomic E-state index is 0.676. The summed E-state index contributed by atoms with van der Waals surface area (Å²) in [5.41, 5.74) is 0. The van der Waals surface area contributed by atoms with Crippen LogP contribution in [0.15, 0.2) is 11.6 Å². The van der Waals surface area contributed by atoms with Crippen molar-refractivity contribution >= 4 is 16.5 Å². The molecule has 0 saturated carbocycles. The van der Waals surface area contributed by atoms with Gasteiger partial charge in [0.1, 0.15) is 0 Å². The first-order valence-electron chi connectivity index (χ1n) is 6.90. The molecule has 5 heteroatoms. The van der Waals surface area contributed by atoms with Crippen molar-refractivity contribution in [3.8, 4) is 0 Å². The topological polar surface area (TPSA) is 37.4 Å². The largest absolute Gasteiger partial charge is 0.381 e. The van der Waals surface area contributed by atoms with Crippen LogP contribution in [0.25, 0.3) is 0 Å². The molecule has 2 aliphatic rings. The van der Waals surface area contributed by atoms with Crippen LogP contribution in [0.5, 0.6) is 0 Å². The molecule has 0 radical (unpaired) electrons. The maximum Gasteiger partial charge on any atom is 0.185 e. The van der Waals surface area contributed by atoms with Crippen LogP contribution in [-0.2, 0) is 4.74 Å². The number of nitrogens with zero attached hydrogens (tertiary/aromatic N) is 2. The lowest BCUT2D eigenvalue weighted by Gasteiger charge is -2.35. The van der Waals surface area contributed by atoms with Crippen molar-refractivity contribution in [3.05, 3.63) is 11.6 Å². The summed E-state index contributed by atoms with van der Waals surface area (Å²) in [5, 5.41) is 7.04. The number of ether oxygens (including phenoxy) is 1. The Bertz CT molecular complexity index is 343. The standard InChI is InChI=1S/C13H21N3OS/c1-6-16(13-14-5-10-18-13)7-2-11(1)15-12-3-8-17-9-4-12/h5,10-12,15H,1-4,6-9H2. The molecule has 0 aromatic carbocycles. The molecule has 2 aliphatic heterocycles. The number of anilines is 1. The van der Waals surface area contributed by atoms with Gasteiger partial charge in [-0.05, 0) is 25.7 Å². The molecule has 0 aliphatic carbocycles. The highest BCUT2D eigenvalue weighted by Crippen LogP contribution is 2.22. The van der Waals surface area contributed by atoms with Crippen LogP contribution in [0.3, 0.4) is 0 Å². The van der Waals surface area contributed by atoms with Crippen molar-refractivity contribution < 1.29 is 4.74 Å². The minimum atomic E-state index is 0.676. The molecule has 4 nitrogen and oxygen atoms in total. The van der Waals surface area contributed by atoms with Crippen LogP contribution in [0, 0.1) is 0 Å². The Hall–Kier alpha value is -0.650. The molecule has 0 spiro atoms. The Balaban J connectivity index is 1.45. The van der Waals surface area contributed by atoms with E-state index in [1.807, 2.05) is 6.20 Å². The molecule has 1 aromatic heterocycles. The molecule has 1 aromatic rings. The smallest absolute Gasteiger partial charge is 0.185 e. The van der Waals surface area contributed by atoms with Crippen LogP contribution in [0.2, 0.25) is 0 Å². The van der Waals surface area contributed by atoms with Crippen LogP contribution in [0.1, 0.15) is 25.7 Å². The highest BCUT2D eigenvalue weighted by atomic mass is 32.1. The van der Waals surface area contributed by atoms with E-state index in [9.17, 15) is 0 Å². The van der Waals surface area contributed by atoms with E-state index in [0.29, 0.717) is 12.1 Å². The molecular formula is C13H21N3OS. The predicted octanol–water partition coefficient (Wildman–Crippen LogP) is 1.88. The maximum absolute atomic E-state index is 5.40. The Labute approximate surface area is 112 Å². The first-order chi connectivity index (χ1) is 8.92. The third kappa shape index (κ3) is 3.02. The van der Waals surface area contributed by atoms with Gasteiger partial charge in [0.25, 0.3) is 0 Å². The van der Waals surface area contributed by atoms with Gasteiger partial charge < -0.3 is 15.0 Å². The second-order valence-corrected chi connectivity index (χ2v) is 6.00. The fourth-order valence-corrected chi connectivity index (χ4v) is 3.50. The number of thiazole rings is 1. The first kappa shape index (κ1) is 12.4. The van der Waals surface area contributed by atoms with Gasteiger partial charge >= 0.3 is 0 Å². The van der Waals surface area contributed by atoms with E-state index in [4.69, 9.17) is 4.74 Å². The van der Waals surface area contributed by atoms with Crippen molar-refractivity contribution in [3.63, 3.8) is 0 Å². The van der Waals surface area contributed by atoms with Crippen LogP contribution in [-0.4, -0.2) is 43.4 Å². The van der Waals surface area contributed by atoms with E-state index < -0.39 is 0 Å². The number of nitrogens with one attached hydrogen (secondary N) is 1.